The number of nitrogens with one attached hydrogen (secondary N) is 1. The van der Waals surface area contributed by atoms with Crippen LogP contribution in [0, 0.1) is 0 Å². The standard InChI is InChI=1S/C13H10N2O3/c16-12(17)7-6-10-8-11(14-15-13(10)18)9-4-2-1-3-5-9/h1-8H,(H,15,18)(H,16,17)/b7-6+. The normalized spacial score (nSPS) is 10.7. The van der Waals surface area contributed by atoms with Gasteiger partial charge in [-0.3, -0.25) is 4.79 Å². The summed E-state index contributed by atoms with van der Waals surface area (Å²) in [6, 6.07) is 10.8. The Labute approximate surface area is 102 Å². The summed E-state index contributed by atoms with van der Waals surface area (Å²) in [4.78, 5) is 21.9. The van der Waals surface area contributed by atoms with Crippen LogP contribution in [-0.4, -0.2) is 21.3 Å². The Hall–Kier alpha value is -2.69. The van der Waals surface area contributed by atoms with Crippen LogP contribution in [0.2, 0.25) is 0 Å². The van der Waals surface area contributed by atoms with Gasteiger partial charge in [0.1, 0.15) is 0 Å². The summed E-state index contributed by atoms with van der Waals surface area (Å²) in [5, 5.41) is 14.8. The second-order valence-electron chi connectivity index (χ2n) is 3.58. The maximum atomic E-state index is 11.5. The number of carboxylic acids is 1. The smallest absolute Gasteiger partial charge is 0.328 e. The second kappa shape index (κ2) is 5.09. The van der Waals surface area contributed by atoms with E-state index in [2.05, 4.69) is 10.2 Å². The third kappa shape index (κ3) is 2.70. The number of aliphatic carboxylic acids is 1. The van der Waals surface area contributed by atoms with Crippen molar-refractivity contribution < 1.29 is 9.90 Å². The highest BCUT2D eigenvalue weighted by Gasteiger charge is 2.03. The molecule has 0 aliphatic rings. The highest BCUT2D eigenvalue weighted by Crippen LogP contribution is 2.15. The molecule has 0 saturated heterocycles. The van der Waals surface area contributed by atoms with E-state index in [4.69, 9.17) is 5.11 Å². The average molecular weight is 242 g/mol. The van der Waals surface area contributed by atoms with E-state index in [0.29, 0.717) is 5.69 Å². The molecule has 0 bridgehead atoms. The molecule has 0 aliphatic heterocycles. The number of hydrogen-bond acceptors (Lipinski definition) is 3. The van der Waals surface area contributed by atoms with E-state index in [1.165, 1.54) is 6.08 Å². The molecule has 5 nitrogen and oxygen atoms in total. The van der Waals surface area contributed by atoms with Gasteiger partial charge in [-0.15, -0.1) is 0 Å². The third-order valence-electron chi connectivity index (χ3n) is 2.31. The number of aromatic amines is 1. The molecule has 0 amide bonds. The molecule has 2 aromatic rings. The van der Waals surface area contributed by atoms with Gasteiger partial charge in [-0.25, -0.2) is 9.89 Å². The molecule has 1 aromatic heterocycles. The van der Waals surface area contributed by atoms with E-state index < -0.39 is 11.5 Å². The maximum absolute atomic E-state index is 11.5. The molecule has 0 radical (unpaired) electrons. The minimum absolute atomic E-state index is 0.256. The van der Waals surface area contributed by atoms with Gasteiger partial charge in [0.15, 0.2) is 0 Å². The first kappa shape index (κ1) is 11.8. The fourth-order valence-corrected chi connectivity index (χ4v) is 1.46. The lowest BCUT2D eigenvalue weighted by Crippen LogP contribution is -2.11. The molecule has 1 aromatic carbocycles. The van der Waals surface area contributed by atoms with Crippen LogP contribution in [0.25, 0.3) is 17.3 Å². The molecule has 2 N–H and O–H groups in total. The molecule has 90 valence electrons. The van der Waals surface area contributed by atoms with Crippen molar-refractivity contribution in [3.63, 3.8) is 0 Å². The topological polar surface area (TPSA) is 83.0 Å². The minimum Gasteiger partial charge on any atom is -0.478 e. The number of carbonyl (C=O) groups is 1. The van der Waals surface area contributed by atoms with Gasteiger partial charge in [0.2, 0.25) is 0 Å². The van der Waals surface area contributed by atoms with Gasteiger partial charge in [0.25, 0.3) is 5.56 Å². The summed E-state index contributed by atoms with van der Waals surface area (Å²) in [5.74, 6) is -1.10. The number of nitrogens with zero attached hydrogens (tertiary/aromatic N) is 1. The Bertz CT molecular complexity index is 645. The summed E-state index contributed by atoms with van der Waals surface area (Å²) in [6.45, 7) is 0. The summed E-state index contributed by atoms with van der Waals surface area (Å²) in [7, 11) is 0. The van der Waals surface area contributed by atoms with Crippen LogP contribution in [0.1, 0.15) is 5.56 Å². The third-order valence-corrected chi connectivity index (χ3v) is 2.31. The quantitative estimate of drug-likeness (QED) is 0.799. The highest BCUT2D eigenvalue weighted by molar-refractivity contribution is 5.85. The molecule has 0 saturated carbocycles. The number of carboxylic acid groups (broad SMARTS) is 1. The van der Waals surface area contributed by atoms with Crippen LogP contribution >= 0.6 is 0 Å². The molecule has 5 heteroatoms. The Morgan fingerprint density at radius 2 is 2.00 bits per heavy atom. The maximum Gasteiger partial charge on any atom is 0.328 e. The number of rotatable bonds is 3. The molecular weight excluding hydrogens is 232 g/mol. The van der Waals surface area contributed by atoms with Gasteiger partial charge in [-0.2, -0.15) is 5.10 Å². The number of benzene rings is 1. The average Bonchev–Trinajstić information content (AvgIpc) is 2.38. The zero-order chi connectivity index (χ0) is 13.0. The van der Waals surface area contributed by atoms with Gasteiger partial charge >= 0.3 is 5.97 Å². The van der Waals surface area contributed by atoms with E-state index in [1.54, 1.807) is 6.07 Å². The van der Waals surface area contributed by atoms with Crippen LogP contribution in [0.3, 0.4) is 0 Å². The molecular formula is C13H10N2O3. The Balaban J connectivity index is 2.44. The van der Waals surface area contributed by atoms with Crippen molar-refractivity contribution in [2.45, 2.75) is 0 Å². The fourth-order valence-electron chi connectivity index (χ4n) is 1.46. The van der Waals surface area contributed by atoms with Gasteiger partial charge in [-0.1, -0.05) is 30.3 Å². The lowest BCUT2D eigenvalue weighted by atomic mass is 10.1. The molecule has 0 atom stereocenters. The lowest BCUT2D eigenvalue weighted by Gasteiger charge is -2.00. The SMILES string of the molecule is O=C(O)/C=C/c1cc(-c2ccccc2)n[nH]c1=O. The molecule has 0 aliphatic carbocycles. The van der Waals surface area contributed by atoms with E-state index >= 15 is 0 Å². The molecule has 2 rings (SSSR count). The van der Waals surface area contributed by atoms with Crippen molar-refractivity contribution in [3.05, 3.63) is 58.4 Å². The Morgan fingerprint density at radius 3 is 2.67 bits per heavy atom. The number of hydrogen-bond donors (Lipinski definition) is 2. The van der Waals surface area contributed by atoms with E-state index in [-0.39, 0.29) is 5.56 Å². The van der Waals surface area contributed by atoms with Gasteiger partial charge in [-0.05, 0) is 12.1 Å². The van der Waals surface area contributed by atoms with Crippen molar-refractivity contribution in [3.8, 4) is 11.3 Å². The molecule has 18 heavy (non-hydrogen) atoms. The monoisotopic (exact) mass is 242 g/mol. The highest BCUT2D eigenvalue weighted by atomic mass is 16.4. The van der Waals surface area contributed by atoms with E-state index in [0.717, 1.165) is 11.6 Å². The minimum atomic E-state index is -1.10. The van der Waals surface area contributed by atoms with Crippen molar-refractivity contribution in [2.24, 2.45) is 0 Å². The van der Waals surface area contributed by atoms with Gasteiger partial charge in [0, 0.05) is 17.2 Å². The van der Waals surface area contributed by atoms with Crippen LogP contribution < -0.4 is 5.56 Å². The van der Waals surface area contributed by atoms with Crippen LogP contribution in [0.15, 0.2) is 47.3 Å². The fraction of sp³-hybridized carbons (Fsp3) is 0. The first-order valence-electron chi connectivity index (χ1n) is 5.23. The number of aromatic nitrogens is 2. The zero-order valence-corrected chi connectivity index (χ0v) is 9.33. The first-order valence-corrected chi connectivity index (χ1v) is 5.23. The Morgan fingerprint density at radius 1 is 1.28 bits per heavy atom. The Kier molecular flexibility index (Phi) is 3.33. The molecule has 1 heterocycles. The largest absolute Gasteiger partial charge is 0.478 e. The lowest BCUT2D eigenvalue weighted by molar-refractivity contribution is -0.131. The van der Waals surface area contributed by atoms with Crippen molar-refractivity contribution in [1.29, 1.82) is 0 Å². The van der Waals surface area contributed by atoms with Gasteiger partial charge in [0.05, 0.1) is 5.69 Å². The molecule has 0 fully saturated rings. The van der Waals surface area contributed by atoms with E-state index in [9.17, 15) is 9.59 Å². The summed E-state index contributed by atoms with van der Waals surface area (Å²) >= 11 is 0. The predicted octanol–water partition coefficient (Wildman–Crippen LogP) is 1.53. The van der Waals surface area contributed by atoms with Gasteiger partial charge < -0.3 is 5.11 Å². The number of H-pyrrole nitrogens is 1. The summed E-state index contributed by atoms with van der Waals surface area (Å²) in [5.41, 5.74) is 1.26. The second-order valence-corrected chi connectivity index (χ2v) is 3.58. The van der Waals surface area contributed by atoms with Crippen molar-refractivity contribution >= 4 is 12.0 Å². The van der Waals surface area contributed by atoms with Crippen molar-refractivity contribution in [1.82, 2.24) is 10.2 Å². The van der Waals surface area contributed by atoms with Crippen LogP contribution in [0.5, 0.6) is 0 Å². The molecule has 0 unspecified atom stereocenters. The van der Waals surface area contributed by atoms with Crippen molar-refractivity contribution in [2.75, 3.05) is 0 Å². The van der Waals surface area contributed by atoms with Crippen LogP contribution in [0.4, 0.5) is 0 Å². The summed E-state index contributed by atoms with van der Waals surface area (Å²) in [6.07, 6.45) is 2.16. The summed E-state index contributed by atoms with van der Waals surface area (Å²) < 4.78 is 0. The zero-order valence-electron chi connectivity index (χ0n) is 9.33. The van der Waals surface area contributed by atoms with Crippen LogP contribution in [-0.2, 0) is 4.79 Å². The first-order chi connectivity index (χ1) is 8.66. The molecule has 0 spiro atoms. The predicted molar refractivity (Wildman–Crippen MR) is 67.0 cm³/mol. The van der Waals surface area contributed by atoms with E-state index in [1.807, 2.05) is 30.3 Å².